The molecule has 1 aliphatic heterocycles. The van der Waals surface area contributed by atoms with Crippen LogP contribution in [0.5, 0.6) is 0 Å². The molecular formula is C25H36N4O. The molecule has 1 fully saturated rings. The molecule has 0 radical (unpaired) electrons. The Morgan fingerprint density at radius 3 is 2.23 bits per heavy atom. The highest BCUT2D eigenvalue weighted by Crippen LogP contribution is 2.18. The number of guanidine groups is 1. The van der Waals surface area contributed by atoms with Crippen molar-refractivity contribution < 1.29 is 4.74 Å². The molecule has 0 aliphatic carbocycles. The molecule has 0 aromatic heterocycles. The topological polar surface area (TPSA) is 48.9 Å². The lowest BCUT2D eigenvalue weighted by atomic mass is 10.1. The summed E-state index contributed by atoms with van der Waals surface area (Å²) in [7, 11) is 1.84. The Bertz CT molecular complexity index is 789. The minimum atomic E-state index is 0.433. The van der Waals surface area contributed by atoms with Crippen molar-refractivity contribution in [1.29, 1.82) is 0 Å². The number of aliphatic imine (C=N–C) groups is 1. The molecule has 1 heterocycles. The van der Waals surface area contributed by atoms with Crippen LogP contribution in [0, 0.1) is 5.92 Å². The van der Waals surface area contributed by atoms with E-state index in [0.717, 1.165) is 25.6 Å². The van der Waals surface area contributed by atoms with Crippen molar-refractivity contribution in [2.45, 2.75) is 52.6 Å². The summed E-state index contributed by atoms with van der Waals surface area (Å²) in [6.07, 6.45) is 0. The first-order chi connectivity index (χ1) is 14.5. The molecule has 0 amide bonds. The van der Waals surface area contributed by atoms with Crippen LogP contribution in [-0.4, -0.2) is 43.1 Å². The van der Waals surface area contributed by atoms with Gasteiger partial charge in [-0.3, -0.25) is 9.89 Å². The number of hydrogen-bond acceptors (Lipinski definition) is 3. The molecule has 2 unspecified atom stereocenters. The van der Waals surface area contributed by atoms with Gasteiger partial charge in [-0.25, -0.2) is 0 Å². The van der Waals surface area contributed by atoms with Gasteiger partial charge in [-0.05, 0) is 36.5 Å². The van der Waals surface area contributed by atoms with Crippen molar-refractivity contribution >= 4 is 5.96 Å². The molecule has 0 saturated carbocycles. The van der Waals surface area contributed by atoms with Crippen LogP contribution in [0.15, 0.2) is 59.6 Å². The third-order valence-corrected chi connectivity index (χ3v) is 5.78. The van der Waals surface area contributed by atoms with Crippen molar-refractivity contribution in [2.75, 3.05) is 20.1 Å². The Hall–Kier alpha value is -2.37. The summed E-state index contributed by atoms with van der Waals surface area (Å²) in [6.45, 7) is 11.1. The van der Waals surface area contributed by atoms with Crippen molar-refractivity contribution in [1.82, 2.24) is 15.5 Å². The van der Waals surface area contributed by atoms with Gasteiger partial charge in [-0.1, -0.05) is 61.5 Å². The highest BCUT2D eigenvalue weighted by Gasteiger charge is 2.31. The van der Waals surface area contributed by atoms with Crippen LogP contribution < -0.4 is 10.6 Å². The average molecular weight is 409 g/mol. The molecule has 2 atom stereocenters. The second-order valence-corrected chi connectivity index (χ2v) is 8.50. The standard InChI is InChI=1S/C25H36N4O/c1-19(2)29-15-20(3)24(16-29)28-25(26-4)27-14-21-10-12-23(13-11-21)18-30-17-22-8-6-5-7-9-22/h5-13,19-20,24H,14-18H2,1-4H3,(H2,26,27,28). The molecule has 162 valence electrons. The molecule has 2 N–H and O–H groups in total. The Kier molecular flexibility index (Phi) is 8.29. The molecule has 0 bridgehead atoms. The Morgan fingerprint density at radius 1 is 1.00 bits per heavy atom. The molecule has 2 aromatic carbocycles. The minimum Gasteiger partial charge on any atom is -0.372 e. The smallest absolute Gasteiger partial charge is 0.191 e. The first-order valence-corrected chi connectivity index (χ1v) is 11.0. The van der Waals surface area contributed by atoms with E-state index in [2.05, 4.69) is 77.7 Å². The monoisotopic (exact) mass is 408 g/mol. The summed E-state index contributed by atoms with van der Waals surface area (Å²) < 4.78 is 5.82. The van der Waals surface area contributed by atoms with E-state index in [0.29, 0.717) is 31.2 Å². The highest BCUT2D eigenvalue weighted by atomic mass is 16.5. The van der Waals surface area contributed by atoms with Crippen LogP contribution in [0.25, 0.3) is 0 Å². The van der Waals surface area contributed by atoms with E-state index in [-0.39, 0.29) is 0 Å². The SMILES string of the molecule is CN=C(NCc1ccc(COCc2ccccc2)cc1)NC1CN(C(C)C)CC1C. The van der Waals surface area contributed by atoms with E-state index >= 15 is 0 Å². The van der Waals surface area contributed by atoms with E-state index in [1.54, 1.807) is 0 Å². The summed E-state index contributed by atoms with van der Waals surface area (Å²) in [6, 6.07) is 19.9. The van der Waals surface area contributed by atoms with Gasteiger partial charge in [-0.2, -0.15) is 0 Å². The first-order valence-electron chi connectivity index (χ1n) is 11.0. The second-order valence-electron chi connectivity index (χ2n) is 8.50. The van der Waals surface area contributed by atoms with E-state index in [4.69, 9.17) is 4.74 Å². The van der Waals surface area contributed by atoms with Gasteiger partial charge in [-0.15, -0.1) is 0 Å². The fraction of sp³-hybridized carbons (Fsp3) is 0.480. The highest BCUT2D eigenvalue weighted by molar-refractivity contribution is 5.80. The van der Waals surface area contributed by atoms with E-state index in [1.165, 1.54) is 16.7 Å². The van der Waals surface area contributed by atoms with Gasteiger partial charge in [0.05, 0.1) is 13.2 Å². The number of hydrogen-bond donors (Lipinski definition) is 2. The minimum absolute atomic E-state index is 0.433. The van der Waals surface area contributed by atoms with Crippen LogP contribution in [0.1, 0.15) is 37.5 Å². The number of nitrogens with one attached hydrogen (secondary N) is 2. The quantitative estimate of drug-likeness (QED) is 0.515. The number of rotatable bonds is 8. The molecule has 2 aromatic rings. The fourth-order valence-electron chi connectivity index (χ4n) is 3.78. The number of likely N-dealkylation sites (tertiary alicyclic amines) is 1. The van der Waals surface area contributed by atoms with Gasteiger partial charge in [0.15, 0.2) is 5.96 Å². The van der Waals surface area contributed by atoms with Gasteiger partial charge in [0.2, 0.25) is 0 Å². The maximum absolute atomic E-state index is 5.82. The normalized spacial score (nSPS) is 20.0. The Balaban J connectivity index is 1.42. The van der Waals surface area contributed by atoms with Crippen molar-refractivity contribution in [3.8, 4) is 0 Å². The fourth-order valence-corrected chi connectivity index (χ4v) is 3.78. The molecule has 1 aliphatic rings. The van der Waals surface area contributed by atoms with Gasteiger partial charge < -0.3 is 15.4 Å². The van der Waals surface area contributed by atoms with Crippen LogP contribution in [0.3, 0.4) is 0 Å². The maximum Gasteiger partial charge on any atom is 0.191 e. The zero-order chi connectivity index (χ0) is 21.3. The van der Waals surface area contributed by atoms with Crippen LogP contribution in [0.2, 0.25) is 0 Å². The lowest BCUT2D eigenvalue weighted by Gasteiger charge is -2.22. The van der Waals surface area contributed by atoms with E-state index < -0.39 is 0 Å². The lowest BCUT2D eigenvalue weighted by Crippen LogP contribution is -2.46. The third-order valence-electron chi connectivity index (χ3n) is 5.78. The summed E-state index contributed by atoms with van der Waals surface area (Å²) in [5, 5.41) is 7.05. The van der Waals surface area contributed by atoms with E-state index in [9.17, 15) is 0 Å². The molecule has 1 saturated heterocycles. The summed E-state index contributed by atoms with van der Waals surface area (Å²) in [5.41, 5.74) is 3.61. The first kappa shape index (κ1) is 22.3. The second kappa shape index (κ2) is 11.1. The van der Waals surface area contributed by atoms with Crippen molar-refractivity contribution in [3.63, 3.8) is 0 Å². The molecule has 3 rings (SSSR count). The number of ether oxygens (including phenoxy) is 1. The molecule has 5 nitrogen and oxygen atoms in total. The molecule has 0 spiro atoms. The summed E-state index contributed by atoms with van der Waals surface area (Å²) in [5.74, 6) is 1.48. The van der Waals surface area contributed by atoms with E-state index in [1.807, 2.05) is 25.2 Å². The largest absolute Gasteiger partial charge is 0.372 e. The van der Waals surface area contributed by atoms with Crippen molar-refractivity contribution in [3.05, 3.63) is 71.3 Å². The van der Waals surface area contributed by atoms with Crippen LogP contribution >= 0.6 is 0 Å². The maximum atomic E-state index is 5.82. The predicted molar refractivity (Wildman–Crippen MR) is 124 cm³/mol. The average Bonchev–Trinajstić information content (AvgIpc) is 3.13. The van der Waals surface area contributed by atoms with Crippen molar-refractivity contribution in [2.24, 2.45) is 10.9 Å². The summed E-state index contributed by atoms with van der Waals surface area (Å²) >= 11 is 0. The van der Waals surface area contributed by atoms with Gasteiger partial charge >= 0.3 is 0 Å². The Labute approximate surface area is 181 Å². The third kappa shape index (κ3) is 6.57. The molecule has 30 heavy (non-hydrogen) atoms. The zero-order valence-corrected chi connectivity index (χ0v) is 18.8. The van der Waals surface area contributed by atoms with Crippen LogP contribution in [0.4, 0.5) is 0 Å². The van der Waals surface area contributed by atoms with Gasteiger partial charge in [0.1, 0.15) is 0 Å². The zero-order valence-electron chi connectivity index (χ0n) is 18.8. The number of benzene rings is 2. The number of nitrogens with zero attached hydrogens (tertiary/aromatic N) is 2. The van der Waals surface area contributed by atoms with Gasteiger partial charge in [0, 0.05) is 38.8 Å². The lowest BCUT2D eigenvalue weighted by molar-refractivity contribution is 0.107. The van der Waals surface area contributed by atoms with Crippen LogP contribution in [-0.2, 0) is 24.5 Å². The molecular weight excluding hydrogens is 372 g/mol. The predicted octanol–water partition coefficient (Wildman–Crippen LogP) is 3.80. The molecule has 5 heteroatoms. The van der Waals surface area contributed by atoms with Gasteiger partial charge in [0.25, 0.3) is 0 Å². The Morgan fingerprint density at radius 2 is 1.63 bits per heavy atom. The summed E-state index contributed by atoms with van der Waals surface area (Å²) in [4.78, 5) is 6.94.